The largest absolute Gasteiger partial charge is 0.497 e. The molecule has 4 nitrogen and oxygen atoms in total. The van der Waals surface area contributed by atoms with Crippen molar-refractivity contribution < 1.29 is 14.6 Å². The molecule has 2 fully saturated rings. The van der Waals surface area contributed by atoms with E-state index in [1.807, 2.05) is 12.1 Å². The van der Waals surface area contributed by atoms with Gasteiger partial charge in [-0.1, -0.05) is 25.0 Å². The Labute approximate surface area is 132 Å². The lowest BCUT2D eigenvalue weighted by Gasteiger charge is -2.33. The summed E-state index contributed by atoms with van der Waals surface area (Å²) in [7, 11) is 1.67. The molecule has 1 saturated carbocycles. The fourth-order valence-electron chi connectivity index (χ4n) is 4.17. The van der Waals surface area contributed by atoms with Crippen LogP contribution in [-0.4, -0.2) is 41.7 Å². The lowest BCUT2D eigenvalue weighted by molar-refractivity contribution is -0.142. The van der Waals surface area contributed by atoms with Crippen molar-refractivity contribution in [3.8, 4) is 5.75 Å². The molecule has 0 aromatic heterocycles. The summed E-state index contributed by atoms with van der Waals surface area (Å²) in [6, 6.07) is 8.28. The highest BCUT2D eigenvalue weighted by Crippen LogP contribution is 2.39. The summed E-state index contributed by atoms with van der Waals surface area (Å²) in [5.41, 5.74) is 1.24. The van der Waals surface area contributed by atoms with Crippen LogP contribution in [0, 0.1) is 5.92 Å². The molecule has 3 rings (SSSR count). The van der Waals surface area contributed by atoms with Gasteiger partial charge in [0.1, 0.15) is 11.8 Å². The van der Waals surface area contributed by atoms with Crippen LogP contribution in [0.1, 0.15) is 37.7 Å². The third-order valence-electron chi connectivity index (χ3n) is 5.32. The van der Waals surface area contributed by atoms with Crippen LogP contribution >= 0.6 is 0 Å². The average molecular weight is 303 g/mol. The molecule has 1 saturated heterocycles. The van der Waals surface area contributed by atoms with E-state index in [1.54, 1.807) is 7.11 Å². The van der Waals surface area contributed by atoms with Crippen molar-refractivity contribution in [2.45, 2.75) is 50.6 Å². The summed E-state index contributed by atoms with van der Waals surface area (Å²) in [5.74, 6) is 0.801. The van der Waals surface area contributed by atoms with Crippen molar-refractivity contribution in [1.82, 2.24) is 4.90 Å². The van der Waals surface area contributed by atoms with Crippen LogP contribution in [0.25, 0.3) is 0 Å². The van der Waals surface area contributed by atoms with Crippen molar-refractivity contribution in [1.29, 1.82) is 0 Å². The number of ether oxygens (including phenoxy) is 1. The number of carbonyl (C=O) groups is 1. The van der Waals surface area contributed by atoms with Crippen molar-refractivity contribution in [2.24, 2.45) is 5.92 Å². The normalized spacial score (nSPS) is 28.3. The Bertz CT molecular complexity index is 514. The number of benzene rings is 1. The minimum atomic E-state index is -0.649. The van der Waals surface area contributed by atoms with E-state index >= 15 is 0 Å². The Morgan fingerprint density at radius 3 is 2.68 bits per heavy atom. The van der Waals surface area contributed by atoms with Crippen molar-refractivity contribution in [2.75, 3.05) is 13.7 Å². The molecule has 0 radical (unpaired) electrons. The SMILES string of the molecule is COc1ccc(CCN2[C@@H]3CCCC[C@@H]3C[C@H]2C(=O)O)cc1. The molecule has 1 aliphatic heterocycles. The molecule has 120 valence electrons. The highest BCUT2D eigenvalue weighted by Gasteiger charge is 2.44. The number of rotatable bonds is 5. The van der Waals surface area contributed by atoms with Gasteiger partial charge in [-0.3, -0.25) is 9.69 Å². The number of carboxylic acid groups (broad SMARTS) is 1. The van der Waals surface area contributed by atoms with Crippen molar-refractivity contribution in [3.05, 3.63) is 29.8 Å². The molecule has 0 unspecified atom stereocenters. The molecule has 4 heteroatoms. The number of nitrogens with zero attached hydrogens (tertiary/aromatic N) is 1. The van der Waals surface area contributed by atoms with Gasteiger partial charge in [0, 0.05) is 12.6 Å². The Morgan fingerprint density at radius 1 is 1.27 bits per heavy atom. The van der Waals surface area contributed by atoms with Crippen LogP contribution in [0.15, 0.2) is 24.3 Å². The molecule has 1 aliphatic carbocycles. The number of hydrogen-bond acceptors (Lipinski definition) is 3. The zero-order chi connectivity index (χ0) is 15.5. The van der Waals surface area contributed by atoms with Crippen LogP contribution < -0.4 is 4.74 Å². The average Bonchev–Trinajstić information content (AvgIpc) is 2.92. The monoisotopic (exact) mass is 303 g/mol. The quantitative estimate of drug-likeness (QED) is 0.908. The van der Waals surface area contributed by atoms with E-state index in [1.165, 1.54) is 24.8 Å². The van der Waals surface area contributed by atoms with E-state index in [0.717, 1.165) is 31.6 Å². The van der Waals surface area contributed by atoms with Gasteiger partial charge < -0.3 is 9.84 Å². The lowest BCUT2D eigenvalue weighted by atomic mass is 9.84. The van der Waals surface area contributed by atoms with Gasteiger partial charge in [0.2, 0.25) is 0 Å². The minimum absolute atomic E-state index is 0.286. The summed E-state index contributed by atoms with van der Waals surface area (Å²) in [6.07, 6.45) is 6.61. The summed E-state index contributed by atoms with van der Waals surface area (Å²) in [4.78, 5) is 13.9. The molecule has 0 spiro atoms. The van der Waals surface area contributed by atoms with Gasteiger partial charge >= 0.3 is 5.97 Å². The van der Waals surface area contributed by atoms with Crippen LogP contribution in [0.3, 0.4) is 0 Å². The molecule has 3 atom stereocenters. The number of carboxylic acids is 1. The topological polar surface area (TPSA) is 49.8 Å². The first-order valence-corrected chi connectivity index (χ1v) is 8.30. The molecule has 2 aliphatic rings. The van der Waals surface area contributed by atoms with Gasteiger partial charge in [0.15, 0.2) is 0 Å². The first-order valence-electron chi connectivity index (χ1n) is 8.30. The molecular formula is C18H25NO3. The van der Waals surface area contributed by atoms with E-state index in [4.69, 9.17) is 4.74 Å². The summed E-state index contributed by atoms with van der Waals surface area (Å²) in [6.45, 7) is 0.838. The maximum Gasteiger partial charge on any atom is 0.320 e. The van der Waals surface area contributed by atoms with Crippen LogP contribution in [-0.2, 0) is 11.2 Å². The van der Waals surface area contributed by atoms with Gasteiger partial charge in [0.25, 0.3) is 0 Å². The predicted molar refractivity (Wildman–Crippen MR) is 85.2 cm³/mol. The Balaban J connectivity index is 1.66. The second kappa shape index (κ2) is 6.69. The molecule has 1 aromatic rings. The summed E-state index contributed by atoms with van der Waals surface area (Å²) < 4.78 is 5.18. The number of hydrogen-bond donors (Lipinski definition) is 1. The minimum Gasteiger partial charge on any atom is -0.497 e. The fourth-order valence-corrected chi connectivity index (χ4v) is 4.17. The third-order valence-corrected chi connectivity index (χ3v) is 5.32. The van der Waals surface area contributed by atoms with Crippen LogP contribution in [0.2, 0.25) is 0 Å². The van der Waals surface area contributed by atoms with Crippen LogP contribution in [0.5, 0.6) is 5.75 Å². The fraction of sp³-hybridized carbons (Fsp3) is 0.611. The van der Waals surface area contributed by atoms with E-state index in [0.29, 0.717) is 12.0 Å². The first kappa shape index (κ1) is 15.3. The molecule has 22 heavy (non-hydrogen) atoms. The highest BCUT2D eigenvalue weighted by atomic mass is 16.5. The van der Waals surface area contributed by atoms with Crippen molar-refractivity contribution >= 4 is 5.97 Å². The van der Waals surface area contributed by atoms with E-state index < -0.39 is 5.97 Å². The summed E-state index contributed by atoms with van der Waals surface area (Å²) >= 11 is 0. The Kier molecular flexibility index (Phi) is 4.67. The number of fused-ring (bicyclic) bond motifs is 1. The maximum absolute atomic E-state index is 11.6. The standard InChI is InChI=1S/C18H25NO3/c1-22-15-8-6-13(7-9-15)10-11-19-16-5-3-2-4-14(16)12-17(19)18(20)21/h6-9,14,16-17H,2-5,10-12H2,1H3,(H,20,21)/t14-,16-,17+/m1/s1. The maximum atomic E-state index is 11.6. The molecule has 0 amide bonds. The molecular weight excluding hydrogens is 278 g/mol. The van der Waals surface area contributed by atoms with E-state index in [2.05, 4.69) is 17.0 Å². The Morgan fingerprint density at radius 2 is 2.00 bits per heavy atom. The van der Waals surface area contributed by atoms with Gasteiger partial charge in [0.05, 0.1) is 7.11 Å². The second-order valence-corrected chi connectivity index (χ2v) is 6.54. The van der Waals surface area contributed by atoms with Crippen molar-refractivity contribution in [3.63, 3.8) is 0 Å². The van der Waals surface area contributed by atoms with E-state index in [-0.39, 0.29) is 6.04 Å². The molecule has 1 heterocycles. The van der Waals surface area contributed by atoms with E-state index in [9.17, 15) is 9.90 Å². The van der Waals surface area contributed by atoms with Gasteiger partial charge in [-0.2, -0.15) is 0 Å². The zero-order valence-electron chi connectivity index (χ0n) is 13.2. The number of likely N-dealkylation sites (tertiary alicyclic amines) is 1. The van der Waals surface area contributed by atoms with Gasteiger partial charge in [-0.05, 0) is 49.3 Å². The third kappa shape index (κ3) is 3.12. The number of methoxy groups -OCH3 is 1. The van der Waals surface area contributed by atoms with Crippen LogP contribution in [0.4, 0.5) is 0 Å². The lowest BCUT2D eigenvalue weighted by Crippen LogP contribution is -2.43. The van der Waals surface area contributed by atoms with Gasteiger partial charge in [-0.25, -0.2) is 0 Å². The Hall–Kier alpha value is -1.55. The molecule has 1 aromatic carbocycles. The highest BCUT2D eigenvalue weighted by molar-refractivity contribution is 5.74. The first-order chi connectivity index (χ1) is 10.7. The zero-order valence-corrected chi connectivity index (χ0v) is 13.2. The van der Waals surface area contributed by atoms with Gasteiger partial charge in [-0.15, -0.1) is 0 Å². The predicted octanol–water partition coefficient (Wildman–Crippen LogP) is 2.96. The molecule has 0 bridgehead atoms. The second-order valence-electron chi connectivity index (χ2n) is 6.54. The smallest absolute Gasteiger partial charge is 0.320 e. The molecule has 1 N–H and O–H groups in total. The number of aliphatic carboxylic acids is 1. The summed E-state index contributed by atoms with van der Waals surface area (Å²) in [5, 5.41) is 9.54.